The van der Waals surface area contributed by atoms with Crippen molar-refractivity contribution >= 4 is 27.0 Å². The lowest BCUT2D eigenvalue weighted by atomic mass is 10.2. The van der Waals surface area contributed by atoms with E-state index in [1.807, 2.05) is 12.4 Å². The lowest BCUT2D eigenvalue weighted by molar-refractivity contribution is 0.517. The molecule has 1 fully saturated rings. The van der Waals surface area contributed by atoms with E-state index in [0.717, 1.165) is 23.1 Å². The fourth-order valence-corrected chi connectivity index (χ4v) is 2.81. The SMILES string of the molecule is Brc1cccc2c1ncn2CC1CCCN1. The Morgan fingerprint density at radius 2 is 2.44 bits per heavy atom. The van der Waals surface area contributed by atoms with Crippen molar-refractivity contribution in [1.82, 2.24) is 14.9 Å². The summed E-state index contributed by atoms with van der Waals surface area (Å²) in [4.78, 5) is 4.45. The average molecular weight is 280 g/mol. The summed E-state index contributed by atoms with van der Waals surface area (Å²) in [6, 6.07) is 6.83. The molecule has 1 atom stereocenters. The summed E-state index contributed by atoms with van der Waals surface area (Å²) in [5.41, 5.74) is 2.27. The molecular formula is C12H14BrN3. The van der Waals surface area contributed by atoms with Crippen LogP contribution in [-0.2, 0) is 6.54 Å². The maximum atomic E-state index is 4.45. The van der Waals surface area contributed by atoms with Crippen molar-refractivity contribution in [1.29, 1.82) is 0 Å². The Balaban J connectivity index is 1.94. The van der Waals surface area contributed by atoms with Crippen LogP contribution >= 0.6 is 15.9 Å². The van der Waals surface area contributed by atoms with Gasteiger partial charge in [0.05, 0.1) is 11.8 Å². The summed E-state index contributed by atoms with van der Waals surface area (Å²) in [6.07, 6.45) is 4.50. The maximum absolute atomic E-state index is 4.45. The predicted molar refractivity (Wildman–Crippen MR) is 68.5 cm³/mol. The normalized spacial score (nSPS) is 20.7. The van der Waals surface area contributed by atoms with Gasteiger partial charge in [-0.05, 0) is 47.4 Å². The number of aromatic nitrogens is 2. The minimum atomic E-state index is 0.608. The van der Waals surface area contributed by atoms with Gasteiger partial charge in [-0.2, -0.15) is 0 Å². The molecule has 0 radical (unpaired) electrons. The molecule has 1 unspecified atom stereocenters. The van der Waals surface area contributed by atoms with Crippen LogP contribution in [0.15, 0.2) is 29.0 Å². The van der Waals surface area contributed by atoms with Crippen molar-refractivity contribution in [3.8, 4) is 0 Å². The molecule has 1 saturated heterocycles. The van der Waals surface area contributed by atoms with Gasteiger partial charge in [-0.1, -0.05) is 6.07 Å². The van der Waals surface area contributed by atoms with Crippen LogP contribution in [0.25, 0.3) is 11.0 Å². The van der Waals surface area contributed by atoms with E-state index in [-0.39, 0.29) is 0 Å². The predicted octanol–water partition coefficient (Wildman–Crippen LogP) is 2.55. The maximum Gasteiger partial charge on any atom is 0.103 e. The monoisotopic (exact) mass is 279 g/mol. The summed E-state index contributed by atoms with van der Waals surface area (Å²) in [6.45, 7) is 2.17. The number of imidazole rings is 1. The fraction of sp³-hybridized carbons (Fsp3) is 0.417. The van der Waals surface area contributed by atoms with E-state index in [1.54, 1.807) is 0 Å². The third-order valence-electron chi connectivity index (χ3n) is 3.18. The second kappa shape index (κ2) is 4.18. The van der Waals surface area contributed by atoms with Gasteiger partial charge in [-0.25, -0.2) is 4.98 Å². The summed E-state index contributed by atoms with van der Waals surface area (Å²) >= 11 is 3.53. The molecule has 84 valence electrons. The minimum Gasteiger partial charge on any atom is -0.329 e. The molecular weight excluding hydrogens is 266 g/mol. The molecule has 1 aromatic heterocycles. The van der Waals surface area contributed by atoms with Crippen molar-refractivity contribution in [2.45, 2.75) is 25.4 Å². The van der Waals surface area contributed by atoms with Crippen LogP contribution in [0.5, 0.6) is 0 Å². The largest absolute Gasteiger partial charge is 0.329 e. The van der Waals surface area contributed by atoms with Gasteiger partial charge in [-0.15, -0.1) is 0 Å². The molecule has 0 spiro atoms. The number of nitrogens with zero attached hydrogens (tertiary/aromatic N) is 2. The lowest BCUT2D eigenvalue weighted by Gasteiger charge is -2.11. The Kier molecular flexibility index (Phi) is 2.69. The van der Waals surface area contributed by atoms with E-state index in [2.05, 4.69) is 42.9 Å². The highest BCUT2D eigenvalue weighted by Crippen LogP contribution is 2.22. The number of benzene rings is 1. The molecule has 3 nitrogen and oxygen atoms in total. The highest BCUT2D eigenvalue weighted by Gasteiger charge is 2.15. The zero-order valence-corrected chi connectivity index (χ0v) is 10.6. The number of fused-ring (bicyclic) bond motifs is 1. The molecule has 0 aliphatic carbocycles. The van der Waals surface area contributed by atoms with Gasteiger partial charge in [-0.3, -0.25) is 0 Å². The van der Waals surface area contributed by atoms with Crippen LogP contribution in [-0.4, -0.2) is 22.1 Å². The van der Waals surface area contributed by atoms with E-state index in [0.29, 0.717) is 6.04 Å². The molecule has 1 aromatic carbocycles. The molecule has 2 heterocycles. The summed E-state index contributed by atoms with van der Waals surface area (Å²) < 4.78 is 3.31. The van der Waals surface area contributed by atoms with Gasteiger partial charge >= 0.3 is 0 Å². The van der Waals surface area contributed by atoms with Crippen molar-refractivity contribution < 1.29 is 0 Å². The fourth-order valence-electron chi connectivity index (χ4n) is 2.35. The standard InChI is InChI=1S/C12H14BrN3/c13-10-4-1-5-11-12(10)15-8-16(11)7-9-3-2-6-14-9/h1,4-5,8-9,14H,2-3,6-7H2. The van der Waals surface area contributed by atoms with Crippen LogP contribution in [0.3, 0.4) is 0 Å². The van der Waals surface area contributed by atoms with Crippen LogP contribution in [0.1, 0.15) is 12.8 Å². The molecule has 3 rings (SSSR count). The average Bonchev–Trinajstić information content (AvgIpc) is 2.90. The summed E-state index contributed by atoms with van der Waals surface area (Å²) in [5.74, 6) is 0. The van der Waals surface area contributed by atoms with E-state index in [4.69, 9.17) is 0 Å². The van der Waals surface area contributed by atoms with Crippen LogP contribution in [0.2, 0.25) is 0 Å². The third kappa shape index (κ3) is 1.76. The molecule has 0 amide bonds. The molecule has 16 heavy (non-hydrogen) atoms. The highest BCUT2D eigenvalue weighted by atomic mass is 79.9. The topological polar surface area (TPSA) is 29.9 Å². The molecule has 0 bridgehead atoms. The second-order valence-corrected chi connectivity index (χ2v) is 5.15. The highest BCUT2D eigenvalue weighted by molar-refractivity contribution is 9.10. The Labute approximate surface area is 103 Å². The third-order valence-corrected chi connectivity index (χ3v) is 3.82. The molecule has 0 saturated carbocycles. The summed E-state index contributed by atoms with van der Waals surface area (Å²) in [5, 5.41) is 3.51. The Morgan fingerprint density at radius 1 is 1.50 bits per heavy atom. The number of halogens is 1. The smallest absolute Gasteiger partial charge is 0.103 e. The van der Waals surface area contributed by atoms with Crippen LogP contribution in [0, 0.1) is 0 Å². The Hall–Kier alpha value is -0.870. The zero-order chi connectivity index (χ0) is 11.0. The van der Waals surface area contributed by atoms with Crippen molar-refractivity contribution in [3.05, 3.63) is 29.0 Å². The zero-order valence-electron chi connectivity index (χ0n) is 8.99. The van der Waals surface area contributed by atoms with Crippen molar-refractivity contribution in [3.63, 3.8) is 0 Å². The Morgan fingerprint density at radius 3 is 3.25 bits per heavy atom. The number of hydrogen-bond donors (Lipinski definition) is 1. The number of rotatable bonds is 2. The first-order valence-electron chi connectivity index (χ1n) is 5.67. The van der Waals surface area contributed by atoms with E-state index < -0.39 is 0 Å². The van der Waals surface area contributed by atoms with E-state index in [9.17, 15) is 0 Å². The van der Waals surface area contributed by atoms with E-state index >= 15 is 0 Å². The number of para-hydroxylation sites is 1. The lowest BCUT2D eigenvalue weighted by Crippen LogP contribution is -2.26. The van der Waals surface area contributed by atoms with Crippen molar-refractivity contribution in [2.24, 2.45) is 0 Å². The van der Waals surface area contributed by atoms with Crippen molar-refractivity contribution in [2.75, 3.05) is 6.54 Å². The van der Waals surface area contributed by atoms with Gasteiger partial charge < -0.3 is 9.88 Å². The quantitative estimate of drug-likeness (QED) is 0.916. The summed E-state index contributed by atoms with van der Waals surface area (Å²) in [7, 11) is 0. The van der Waals surface area contributed by atoms with Gasteiger partial charge in [0.2, 0.25) is 0 Å². The van der Waals surface area contributed by atoms with Gasteiger partial charge in [0.1, 0.15) is 5.52 Å². The first kappa shape index (κ1) is 10.3. The van der Waals surface area contributed by atoms with Gasteiger partial charge in [0.25, 0.3) is 0 Å². The number of hydrogen-bond acceptors (Lipinski definition) is 2. The molecule has 1 aliphatic heterocycles. The molecule has 4 heteroatoms. The van der Waals surface area contributed by atoms with Gasteiger partial charge in [0, 0.05) is 17.1 Å². The van der Waals surface area contributed by atoms with E-state index in [1.165, 1.54) is 18.4 Å². The first-order chi connectivity index (χ1) is 7.84. The second-order valence-electron chi connectivity index (χ2n) is 4.30. The molecule has 2 aromatic rings. The first-order valence-corrected chi connectivity index (χ1v) is 6.46. The minimum absolute atomic E-state index is 0.608. The molecule has 1 N–H and O–H groups in total. The number of nitrogens with one attached hydrogen (secondary N) is 1. The van der Waals surface area contributed by atoms with Crippen LogP contribution in [0.4, 0.5) is 0 Å². The Bertz CT molecular complexity index is 500. The van der Waals surface area contributed by atoms with Crippen LogP contribution < -0.4 is 5.32 Å². The molecule has 1 aliphatic rings. The van der Waals surface area contributed by atoms with Gasteiger partial charge in [0.15, 0.2) is 0 Å².